The van der Waals surface area contributed by atoms with E-state index in [9.17, 15) is 4.79 Å². The summed E-state index contributed by atoms with van der Waals surface area (Å²) in [5, 5.41) is -0.265. The number of thioether (sulfide) groups is 1. The average molecular weight is 435 g/mol. The molecular weight excluding hydrogens is 404 g/mol. The summed E-state index contributed by atoms with van der Waals surface area (Å²) in [4.78, 5) is 13.3. The molecule has 0 fully saturated rings. The molecule has 0 aliphatic carbocycles. The number of carbonyl (C=O) groups excluding carboxylic acids is 1. The van der Waals surface area contributed by atoms with Gasteiger partial charge in [0.2, 0.25) is 0 Å². The van der Waals surface area contributed by atoms with Crippen molar-refractivity contribution in [3.8, 4) is 16.9 Å². The van der Waals surface area contributed by atoms with E-state index in [0.29, 0.717) is 6.61 Å². The van der Waals surface area contributed by atoms with E-state index in [1.54, 1.807) is 0 Å². The zero-order chi connectivity index (χ0) is 21.9. The van der Waals surface area contributed by atoms with Gasteiger partial charge in [-0.25, -0.2) is 0 Å². The molecule has 3 nitrogen and oxygen atoms in total. The molecule has 0 aliphatic rings. The lowest BCUT2D eigenvalue weighted by atomic mass is 10.1. The third-order valence-electron chi connectivity index (χ3n) is 4.93. The number of benzene rings is 3. The maximum Gasteiger partial charge on any atom is 0.319 e. The van der Waals surface area contributed by atoms with Crippen LogP contribution in [0.5, 0.6) is 5.75 Å². The molecule has 0 heterocycles. The van der Waals surface area contributed by atoms with Gasteiger partial charge in [0, 0.05) is 4.90 Å². The summed E-state index contributed by atoms with van der Waals surface area (Å²) in [5.74, 6) is 0.710. The Hall–Kier alpha value is -2.72. The van der Waals surface area contributed by atoms with Gasteiger partial charge in [-0.2, -0.15) is 0 Å². The smallest absolute Gasteiger partial charge is 0.319 e. The highest BCUT2D eigenvalue weighted by Gasteiger charge is 2.16. The van der Waals surface area contributed by atoms with E-state index >= 15 is 0 Å². The Morgan fingerprint density at radius 1 is 0.871 bits per heavy atom. The second-order valence-corrected chi connectivity index (χ2v) is 8.87. The summed E-state index contributed by atoms with van der Waals surface area (Å²) in [6.45, 7) is 5.15. The second kappa shape index (κ2) is 12.2. The van der Waals surface area contributed by atoms with Crippen molar-refractivity contribution >= 4 is 17.7 Å². The van der Waals surface area contributed by atoms with Crippen LogP contribution in [0, 0.1) is 0 Å². The van der Waals surface area contributed by atoms with Gasteiger partial charge >= 0.3 is 5.97 Å². The van der Waals surface area contributed by atoms with Crippen molar-refractivity contribution < 1.29 is 14.3 Å². The predicted octanol–water partition coefficient (Wildman–Crippen LogP) is 7.15. The number of esters is 1. The van der Waals surface area contributed by atoms with Crippen LogP contribution < -0.4 is 4.74 Å². The second-order valence-electron chi connectivity index (χ2n) is 7.46. The molecule has 162 valence electrons. The molecule has 0 radical (unpaired) electrons. The molecule has 0 aromatic heterocycles. The van der Waals surface area contributed by atoms with Gasteiger partial charge in [-0.05, 0) is 54.3 Å². The summed E-state index contributed by atoms with van der Waals surface area (Å²) >= 11 is 1.51. The van der Waals surface area contributed by atoms with Crippen LogP contribution in [0.25, 0.3) is 11.1 Å². The summed E-state index contributed by atoms with van der Waals surface area (Å²) in [6.07, 6.45) is 3.49. The van der Waals surface area contributed by atoms with Crippen molar-refractivity contribution in [1.29, 1.82) is 0 Å². The summed E-state index contributed by atoms with van der Waals surface area (Å²) < 4.78 is 11.2. The number of ether oxygens (including phenoxy) is 2. The Labute approximate surface area is 189 Å². The molecule has 0 amide bonds. The van der Waals surface area contributed by atoms with Gasteiger partial charge in [0.05, 0.1) is 6.61 Å². The monoisotopic (exact) mass is 434 g/mol. The third-order valence-corrected chi connectivity index (χ3v) is 6.02. The van der Waals surface area contributed by atoms with Gasteiger partial charge < -0.3 is 9.47 Å². The number of hydrogen-bond acceptors (Lipinski definition) is 4. The van der Waals surface area contributed by atoms with Crippen molar-refractivity contribution in [3.63, 3.8) is 0 Å². The molecule has 0 saturated carbocycles. The Bertz CT molecular complexity index is 921. The summed E-state index contributed by atoms with van der Waals surface area (Å²) in [5.41, 5.74) is 3.28. The minimum Gasteiger partial charge on any atom is -0.494 e. The standard InChI is InChI=1S/C27H30O3S/c1-3-4-8-19-29-25-15-11-23(12-16-25)24-13-17-26(18-14-24)31-21(2)27(28)30-20-22-9-6-5-7-10-22/h5-7,9-18,21H,3-4,8,19-20H2,1-2H3/t21-/m1/s1. The summed E-state index contributed by atoms with van der Waals surface area (Å²) in [6, 6.07) is 26.2. The summed E-state index contributed by atoms with van der Waals surface area (Å²) in [7, 11) is 0. The van der Waals surface area contributed by atoms with Crippen LogP contribution in [0.3, 0.4) is 0 Å². The average Bonchev–Trinajstić information content (AvgIpc) is 2.82. The van der Waals surface area contributed by atoms with E-state index in [-0.39, 0.29) is 11.2 Å². The molecule has 0 bridgehead atoms. The maximum atomic E-state index is 12.3. The van der Waals surface area contributed by atoms with Crippen molar-refractivity contribution in [1.82, 2.24) is 0 Å². The SMILES string of the molecule is CCCCCOc1ccc(-c2ccc(S[C@H](C)C(=O)OCc3ccccc3)cc2)cc1. The van der Waals surface area contributed by atoms with E-state index in [4.69, 9.17) is 9.47 Å². The lowest BCUT2D eigenvalue weighted by Gasteiger charge is -2.12. The lowest BCUT2D eigenvalue weighted by molar-refractivity contribution is -0.143. The molecule has 1 atom stereocenters. The first-order valence-corrected chi connectivity index (χ1v) is 11.7. The van der Waals surface area contributed by atoms with E-state index in [1.807, 2.05) is 49.4 Å². The molecule has 0 N–H and O–H groups in total. The van der Waals surface area contributed by atoms with Crippen LogP contribution in [0.2, 0.25) is 0 Å². The molecule has 31 heavy (non-hydrogen) atoms. The van der Waals surface area contributed by atoms with Crippen LogP contribution in [0.15, 0.2) is 83.8 Å². The van der Waals surface area contributed by atoms with Crippen LogP contribution in [-0.2, 0) is 16.1 Å². The third kappa shape index (κ3) is 7.48. The minimum atomic E-state index is -0.265. The van der Waals surface area contributed by atoms with Crippen LogP contribution in [-0.4, -0.2) is 17.8 Å². The normalized spacial score (nSPS) is 11.7. The molecule has 0 saturated heterocycles. The van der Waals surface area contributed by atoms with Crippen molar-refractivity contribution in [3.05, 3.63) is 84.4 Å². The maximum absolute atomic E-state index is 12.3. The van der Waals surface area contributed by atoms with Gasteiger partial charge in [-0.1, -0.05) is 74.4 Å². The zero-order valence-corrected chi connectivity index (χ0v) is 19.1. The van der Waals surface area contributed by atoms with Crippen molar-refractivity contribution in [2.24, 2.45) is 0 Å². The number of rotatable bonds is 11. The lowest BCUT2D eigenvalue weighted by Crippen LogP contribution is -2.16. The molecule has 4 heteroatoms. The first-order valence-electron chi connectivity index (χ1n) is 10.9. The first-order chi connectivity index (χ1) is 15.2. The van der Waals surface area contributed by atoms with Gasteiger partial charge in [0.25, 0.3) is 0 Å². The van der Waals surface area contributed by atoms with Gasteiger partial charge in [-0.3, -0.25) is 4.79 Å². The molecule has 3 aromatic rings. The highest BCUT2D eigenvalue weighted by molar-refractivity contribution is 8.00. The Morgan fingerprint density at radius 2 is 1.52 bits per heavy atom. The fourth-order valence-corrected chi connectivity index (χ4v) is 3.98. The minimum absolute atomic E-state index is 0.201. The molecular formula is C27H30O3S. The Balaban J connectivity index is 1.49. The quantitative estimate of drug-likeness (QED) is 0.182. The predicted molar refractivity (Wildman–Crippen MR) is 128 cm³/mol. The van der Waals surface area contributed by atoms with Gasteiger partial charge in [0.1, 0.15) is 17.6 Å². The van der Waals surface area contributed by atoms with E-state index in [2.05, 4.69) is 43.3 Å². The van der Waals surface area contributed by atoms with E-state index in [1.165, 1.54) is 24.6 Å². The first kappa shape index (κ1) is 23.0. The topological polar surface area (TPSA) is 35.5 Å². The van der Waals surface area contributed by atoms with Gasteiger partial charge in [-0.15, -0.1) is 11.8 Å². The molecule has 0 unspecified atom stereocenters. The molecule has 3 aromatic carbocycles. The van der Waals surface area contributed by atoms with Crippen molar-refractivity contribution in [2.45, 2.75) is 49.9 Å². The fourth-order valence-electron chi connectivity index (χ4n) is 3.11. The number of unbranched alkanes of at least 4 members (excludes halogenated alkanes) is 2. The van der Waals surface area contributed by atoms with Crippen LogP contribution >= 0.6 is 11.8 Å². The highest BCUT2D eigenvalue weighted by atomic mass is 32.2. The number of carbonyl (C=O) groups is 1. The Kier molecular flexibility index (Phi) is 9.04. The van der Waals surface area contributed by atoms with Gasteiger partial charge in [0.15, 0.2) is 0 Å². The molecule has 0 aliphatic heterocycles. The molecule has 3 rings (SSSR count). The zero-order valence-electron chi connectivity index (χ0n) is 18.3. The van der Waals surface area contributed by atoms with E-state index < -0.39 is 0 Å². The van der Waals surface area contributed by atoms with Crippen LogP contribution in [0.1, 0.15) is 38.7 Å². The highest BCUT2D eigenvalue weighted by Crippen LogP contribution is 2.28. The van der Waals surface area contributed by atoms with E-state index in [0.717, 1.165) is 40.4 Å². The number of hydrogen-bond donors (Lipinski definition) is 0. The Morgan fingerprint density at radius 3 is 2.16 bits per heavy atom. The van der Waals surface area contributed by atoms with Crippen molar-refractivity contribution in [2.75, 3.05) is 6.61 Å². The fraction of sp³-hybridized carbons (Fsp3) is 0.296. The van der Waals surface area contributed by atoms with Crippen LogP contribution in [0.4, 0.5) is 0 Å². The largest absolute Gasteiger partial charge is 0.494 e. The molecule has 0 spiro atoms.